The third-order valence-corrected chi connectivity index (χ3v) is 6.56. The number of hydrazine groups is 1. The van der Waals surface area contributed by atoms with Crippen molar-refractivity contribution in [3.63, 3.8) is 0 Å². The predicted molar refractivity (Wildman–Crippen MR) is 123 cm³/mol. The van der Waals surface area contributed by atoms with Crippen molar-refractivity contribution >= 4 is 29.3 Å². The summed E-state index contributed by atoms with van der Waals surface area (Å²) in [6.45, 7) is 4.13. The lowest BCUT2D eigenvalue weighted by atomic mass is 10.1. The van der Waals surface area contributed by atoms with Crippen LogP contribution in [0.25, 0.3) is 0 Å². The molecule has 2 aliphatic rings. The minimum Gasteiger partial charge on any atom is -0.379 e. The lowest BCUT2D eigenvalue weighted by Crippen LogP contribution is -2.49. The summed E-state index contributed by atoms with van der Waals surface area (Å²) >= 11 is 1.27. The first-order chi connectivity index (χ1) is 15.6. The van der Waals surface area contributed by atoms with Gasteiger partial charge in [-0.05, 0) is 31.0 Å². The molecule has 1 atom stereocenters. The molecule has 32 heavy (non-hydrogen) atoms. The Labute approximate surface area is 191 Å². The zero-order chi connectivity index (χ0) is 22.5. The van der Waals surface area contributed by atoms with Crippen LogP contribution in [0.2, 0.25) is 0 Å². The second-order valence-corrected chi connectivity index (χ2v) is 8.83. The molecule has 0 aliphatic carbocycles. The predicted octanol–water partition coefficient (Wildman–Crippen LogP) is 2.78. The fourth-order valence-electron chi connectivity index (χ4n) is 3.73. The molecule has 8 heteroatoms. The smallest absolute Gasteiger partial charge is 0.278 e. The summed E-state index contributed by atoms with van der Waals surface area (Å²) in [5.74, 6) is -0.647. The van der Waals surface area contributed by atoms with Crippen LogP contribution in [0, 0.1) is 18.3 Å². The molecule has 0 radical (unpaired) electrons. The molecule has 0 unspecified atom stereocenters. The van der Waals surface area contributed by atoms with Crippen molar-refractivity contribution in [2.75, 3.05) is 31.2 Å². The lowest BCUT2D eigenvalue weighted by molar-refractivity contribution is -0.123. The van der Waals surface area contributed by atoms with Gasteiger partial charge in [0.2, 0.25) is 5.91 Å². The molecular formula is C24H24N4O3S. The Bertz CT molecular complexity index is 1070. The van der Waals surface area contributed by atoms with Gasteiger partial charge in [-0.2, -0.15) is 5.26 Å². The van der Waals surface area contributed by atoms with Gasteiger partial charge in [0.15, 0.2) is 0 Å². The number of para-hydroxylation sites is 1. The van der Waals surface area contributed by atoms with Crippen molar-refractivity contribution < 1.29 is 14.3 Å². The third kappa shape index (κ3) is 4.86. The molecule has 0 aromatic heterocycles. The average molecular weight is 449 g/mol. The van der Waals surface area contributed by atoms with Gasteiger partial charge in [-0.1, -0.05) is 59.8 Å². The summed E-state index contributed by atoms with van der Waals surface area (Å²) in [4.78, 5) is 27.9. The fraction of sp³-hybridized carbons (Fsp3) is 0.292. The van der Waals surface area contributed by atoms with E-state index in [4.69, 9.17) is 4.74 Å². The Morgan fingerprint density at radius 3 is 2.62 bits per heavy atom. The van der Waals surface area contributed by atoms with Gasteiger partial charge >= 0.3 is 0 Å². The fourth-order valence-corrected chi connectivity index (χ4v) is 5.04. The van der Waals surface area contributed by atoms with Crippen LogP contribution in [-0.2, 0) is 20.7 Å². The van der Waals surface area contributed by atoms with Gasteiger partial charge in [-0.3, -0.25) is 19.9 Å². The maximum absolute atomic E-state index is 13.4. The van der Waals surface area contributed by atoms with Gasteiger partial charge in [0, 0.05) is 18.8 Å². The van der Waals surface area contributed by atoms with Gasteiger partial charge in [0.1, 0.15) is 16.7 Å². The number of benzene rings is 2. The number of hydrogen-bond donors (Lipinski definition) is 1. The molecule has 0 spiro atoms. The van der Waals surface area contributed by atoms with Crippen LogP contribution < -0.4 is 10.3 Å². The van der Waals surface area contributed by atoms with Crippen LogP contribution in [-0.4, -0.2) is 48.4 Å². The maximum Gasteiger partial charge on any atom is 0.278 e. The standard InChI is InChI=1S/C24H24N4O3S/c1-17-6-5-7-18(14-17)15-21-23(30)28(19-8-3-2-4-9-19)24(32-21)20(16-25)22(29)26-27-10-12-31-13-11-27/h2-9,14,21H,10-13,15H2,1H3,(H,26,29)/b24-20+/t21-/m1/s1. The Hall–Kier alpha value is -3.12. The molecule has 1 N–H and O–H groups in total. The number of hydrogen-bond acceptors (Lipinski definition) is 6. The Kier molecular flexibility index (Phi) is 6.90. The van der Waals surface area contributed by atoms with E-state index in [1.165, 1.54) is 16.7 Å². The monoisotopic (exact) mass is 448 g/mol. The maximum atomic E-state index is 13.4. The van der Waals surface area contributed by atoms with E-state index in [1.807, 2.05) is 61.5 Å². The number of anilines is 1. The molecule has 164 valence electrons. The first kappa shape index (κ1) is 22.1. The molecule has 2 aliphatic heterocycles. The van der Waals surface area contributed by atoms with Gasteiger partial charge in [-0.25, -0.2) is 5.01 Å². The number of nitrogens with zero attached hydrogens (tertiary/aromatic N) is 3. The van der Waals surface area contributed by atoms with Crippen molar-refractivity contribution in [1.29, 1.82) is 5.26 Å². The molecule has 2 fully saturated rings. The number of amides is 2. The summed E-state index contributed by atoms with van der Waals surface area (Å²) in [6, 6.07) is 19.2. The Morgan fingerprint density at radius 1 is 1.19 bits per heavy atom. The number of rotatable bonds is 5. The van der Waals surface area contributed by atoms with E-state index in [2.05, 4.69) is 11.5 Å². The average Bonchev–Trinajstić information content (AvgIpc) is 3.11. The van der Waals surface area contributed by atoms with E-state index in [-0.39, 0.29) is 11.5 Å². The number of ether oxygens (including phenoxy) is 1. The molecule has 2 heterocycles. The summed E-state index contributed by atoms with van der Waals surface area (Å²) < 4.78 is 5.31. The second kappa shape index (κ2) is 10.0. The quantitative estimate of drug-likeness (QED) is 0.559. The topological polar surface area (TPSA) is 85.7 Å². The molecule has 4 rings (SSSR count). The number of nitriles is 1. The summed E-state index contributed by atoms with van der Waals surface area (Å²) in [7, 11) is 0. The molecule has 2 aromatic rings. The number of morpholine rings is 1. The number of carbonyl (C=O) groups is 2. The van der Waals surface area contributed by atoms with Gasteiger partial charge in [-0.15, -0.1) is 0 Å². The van der Waals surface area contributed by atoms with Crippen LogP contribution in [0.15, 0.2) is 65.2 Å². The van der Waals surface area contributed by atoms with Crippen molar-refractivity contribution in [2.45, 2.75) is 18.6 Å². The van der Waals surface area contributed by atoms with E-state index in [9.17, 15) is 14.9 Å². The van der Waals surface area contributed by atoms with Crippen molar-refractivity contribution in [3.05, 3.63) is 76.3 Å². The minimum atomic E-state index is -0.512. The zero-order valence-corrected chi connectivity index (χ0v) is 18.6. The highest BCUT2D eigenvalue weighted by Crippen LogP contribution is 2.41. The van der Waals surface area contributed by atoms with E-state index in [0.29, 0.717) is 43.4 Å². The summed E-state index contributed by atoms with van der Waals surface area (Å²) in [5, 5.41) is 11.6. The number of carbonyl (C=O) groups excluding carboxylic acids is 2. The van der Waals surface area contributed by atoms with Crippen LogP contribution in [0.3, 0.4) is 0 Å². The third-order valence-electron chi connectivity index (χ3n) is 5.29. The van der Waals surface area contributed by atoms with Crippen LogP contribution in [0.5, 0.6) is 0 Å². The largest absolute Gasteiger partial charge is 0.379 e. The van der Waals surface area contributed by atoms with Gasteiger partial charge in [0.05, 0.1) is 18.5 Å². The van der Waals surface area contributed by atoms with E-state index >= 15 is 0 Å². The first-order valence-electron chi connectivity index (χ1n) is 10.5. The number of nitrogens with one attached hydrogen (secondary N) is 1. The first-order valence-corrected chi connectivity index (χ1v) is 11.3. The Balaban J connectivity index is 1.67. The van der Waals surface area contributed by atoms with Crippen LogP contribution in [0.4, 0.5) is 5.69 Å². The molecule has 2 aromatic carbocycles. The molecule has 2 amide bonds. The SMILES string of the molecule is Cc1cccc(C[C@H]2S/C(=C(\C#N)C(=O)NN3CCOCC3)N(c3ccccc3)C2=O)c1. The summed E-state index contributed by atoms with van der Waals surface area (Å²) in [5.41, 5.74) is 5.53. The van der Waals surface area contributed by atoms with E-state index < -0.39 is 11.2 Å². The van der Waals surface area contributed by atoms with Gasteiger partial charge < -0.3 is 4.74 Å². The molecule has 7 nitrogen and oxygen atoms in total. The minimum absolute atomic E-state index is 0.0644. The zero-order valence-electron chi connectivity index (χ0n) is 17.8. The number of aryl methyl sites for hydroxylation is 1. The highest BCUT2D eigenvalue weighted by atomic mass is 32.2. The number of thioether (sulfide) groups is 1. The van der Waals surface area contributed by atoms with Crippen LogP contribution in [0.1, 0.15) is 11.1 Å². The second-order valence-electron chi connectivity index (χ2n) is 7.64. The van der Waals surface area contributed by atoms with E-state index in [1.54, 1.807) is 5.01 Å². The van der Waals surface area contributed by atoms with Crippen molar-refractivity contribution in [3.8, 4) is 6.07 Å². The molecule has 0 saturated carbocycles. The highest BCUT2D eigenvalue weighted by Gasteiger charge is 2.41. The summed E-state index contributed by atoms with van der Waals surface area (Å²) in [6.07, 6.45) is 0.516. The van der Waals surface area contributed by atoms with Crippen molar-refractivity contribution in [2.24, 2.45) is 0 Å². The molecule has 0 bridgehead atoms. The van der Waals surface area contributed by atoms with Crippen molar-refractivity contribution in [1.82, 2.24) is 10.4 Å². The Morgan fingerprint density at radius 2 is 1.94 bits per heavy atom. The van der Waals surface area contributed by atoms with E-state index in [0.717, 1.165) is 11.1 Å². The normalized spacial score (nSPS) is 20.7. The molecule has 2 saturated heterocycles. The molecular weight excluding hydrogens is 424 g/mol. The lowest BCUT2D eigenvalue weighted by Gasteiger charge is -2.27. The van der Waals surface area contributed by atoms with Gasteiger partial charge in [0.25, 0.3) is 5.91 Å². The van der Waals surface area contributed by atoms with Crippen LogP contribution >= 0.6 is 11.8 Å². The highest BCUT2D eigenvalue weighted by molar-refractivity contribution is 8.05.